The Bertz CT molecular complexity index is 1170. The number of nitrogens with zero attached hydrogens (tertiary/aromatic N) is 2. The Hall–Kier alpha value is -3.43. The lowest BCUT2D eigenvalue weighted by molar-refractivity contribution is -0.136. The maximum atomic E-state index is 13.2. The largest absolute Gasteiger partial charge is 0.444 e. The number of rotatable bonds is 5. The van der Waals surface area contributed by atoms with Crippen LogP contribution in [0.2, 0.25) is 0 Å². The molecule has 2 saturated heterocycles. The SMILES string of the molecule is CC(C)(C)OC(=O)N1CCC2(CC1)CC(CCNc1cccc3c1C(=O)N(C1CCC(=O)NC1=O)C3=O)C2. The van der Waals surface area contributed by atoms with Crippen molar-refractivity contribution in [2.45, 2.75) is 77.4 Å². The van der Waals surface area contributed by atoms with E-state index in [9.17, 15) is 24.0 Å². The van der Waals surface area contributed by atoms with Crippen molar-refractivity contribution in [2.75, 3.05) is 25.0 Å². The third-order valence-corrected chi connectivity index (χ3v) is 8.26. The van der Waals surface area contributed by atoms with Crippen molar-refractivity contribution in [3.63, 3.8) is 0 Å². The maximum absolute atomic E-state index is 13.2. The van der Waals surface area contributed by atoms with Gasteiger partial charge in [-0.15, -0.1) is 0 Å². The van der Waals surface area contributed by atoms with Crippen molar-refractivity contribution in [3.8, 4) is 0 Å². The van der Waals surface area contributed by atoms with Crippen molar-refractivity contribution in [1.29, 1.82) is 0 Å². The quantitative estimate of drug-likeness (QED) is 0.566. The molecule has 1 aliphatic carbocycles. The first-order chi connectivity index (χ1) is 18.0. The number of anilines is 1. The van der Waals surface area contributed by atoms with E-state index in [1.807, 2.05) is 25.7 Å². The third kappa shape index (κ3) is 5.00. The van der Waals surface area contributed by atoms with E-state index in [4.69, 9.17) is 4.74 Å². The predicted octanol–water partition coefficient (Wildman–Crippen LogP) is 3.32. The molecule has 3 heterocycles. The highest BCUT2D eigenvalue weighted by Gasteiger charge is 2.47. The highest BCUT2D eigenvalue weighted by atomic mass is 16.6. The van der Waals surface area contributed by atoms with Crippen molar-refractivity contribution in [2.24, 2.45) is 11.3 Å². The number of nitrogens with one attached hydrogen (secondary N) is 2. The summed E-state index contributed by atoms with van der Waals surface area (Å²) in [4.78, 5) is 65.2. The molecule has 3 fully saturated rings. The van der Waals surface area contributed by atoms with Crippen LogP contribution < -0.4 is 10.6 Å². The van der Waals surface area contributed by atoms with Crippen LogP contribution in [0.5, 0.6) is 0 Å². The van der Waals surface area contributed by atoms with Gasteiger partial charge in [0.15, 0.2) is 0 Å². The Labute approximate surface area is 222 Å². The maximum Gasteiger partial charge on any atom is 0.410 e. The van der Waals surface area contributed by atoms with Crippen molar-refractivity contribution < 1.29 is 28.7 Å². The van der Waals surface area contributed by atoms with E-state index in [-0.39, 0.29) is 24.5 Å². The minimum absolute atomic E-state index is 0.0941. The molecule has 0 radical (unpaired) electrons. The van der Waals surface area contributed by atoms with Crippen LogP contribution in [0.25, 0.3) is 0 Å². The number of amides is 5. The second kappa shape index (κ2) is 9.71. The topological polar surface area (TPSA) is 125 Å². The van der Waals surface area contributed by atoms with Gasteiger partial charge in [-0.25, -0.2) is 4.79 Å². The molecule has 1 saturated carbocycles. The number of imide groups is 2. The summed E-state index contributed by atoms with van der Waals surface area (Å²) in [5, 5.41) is 5.57. The van der Waals surface area contributed by atoms with Gasteiger partial charge in [0.1, 0.15) is 11.6 Å². The Kier molecular flexibility index (Phi) is 6.69. The second-order valence-electron chi connectivity index (χ2n) is 12.1. The summed E-state index contributed by atoms with van der Waals surface area (Å²) in [5.41, 5.74) is 0.990. The molecule has 204 valence electrons. The van der Waals surface area contributed by atoms with E-state index >= 15 is 0 Å². The van der Waals surface area contributed by atoms with Crippen LogP contribution in [0.4, 0.5) is 10.5 Å². The van der Waals surface area contributed by atoms with Crippen LogP contribution in [0, 0.1) is 11.3 Å². The summed E-state index contributed by atoms with van der Waals surface area (Å²) in [6, 6.07) is 4.15. The van der Waals surface area contributed by atoms with Crippen LogP contribution in [-0.4, -0.2) is 70.8 Å². The Morgan fingerprint density at radius 1 is 1.11 bits per heavy atom. The molecule has 3 aliphatic heterocycles. The molecule has 2 N–H and O–H groups in total. The minimum atomic E-state index is -0.971. The van der Waals surface area contributed by atoms with Crippen LogP contribution in [0.1, 0.15) is 86.4 Å². The van der Waals surface area contributed by atoms with Crippen molar-refractivity contribution >= 4 is 35.4 Å². The summed E-state index contributed by atoms with van der Waals surface area (Å²) in [5.74, 6) is -1.42. The fourth-order valence-electron chi connectivity index (χ4n) is 6.34. The fraction of sp³-hybridized carbons (Fsp3) is 0.607. The first-order valence-electron chi connectivity index (χ1n) is 13.5. The highest BCUT2D eigenvalue weighted by molar-refractivity contribution is 6.25. The molecule has 1 spiro atoms. The lowest BCUT2D eigenvalue weighted by atomic mass is 9.57. The number of hydrogen-bond acceptors (Lipinski definition) is 7. The lowest BCUT2D eigenvalue weighted by Gasteiger charge is -2.52. The normalized spacial score (nSPS) is 23.3. The number of hydrogen-bond donors (Lipinski definition) is 2. The van der Waals surface area contributed by atoms with Crippen molar-refractivity contribution in [3.05, 3.63) is 29.3 Å². The smallest absolute Gasteiger partial charge is 0.410 e. The number of benzene rings is 1. The zero-order valence-corrected chi connectivity index (χ0v) is 22.3. The summed E-state index contributed by atoms with van der Waals surface area (Å²) in [6.07, 6.45) is 5.20. The van der Waals surface area contributed by atoms with Crippen LogP contribution in [-0.2, 0) is 14.3 Å². The number of piperidine rings is 2. The van der Waals surface area contributed by atoms with Gasteiger partial charge < -0.3 is 15.0 Å². The van der Waals surface area contributed by atoms with Crippen molar-refractivity contribution in [1.82, 2.24) is 15.1 Å². The Morgan fingerprint density at radius 3 is 2.47 bits per heavy atom. The van der Waals surface area contributed by atoms with E-state index in [1.54, 1.807) is 18.2 Å². The molecular weight excluding hydrogens is 488 g/mol. The van der Waals surface area contributed by atoms with Gasteiger partial charge in [-0.3, -0.25) is 29.4 Å². The second-order valence-corrected chi connectivity index (χ2v) is 12.1. The summed E-state index contributed by atoms with van der Waals surface area (Å²) >= 11 is 0. The van der Waals surface area contributed by atoms with Gasteiger partial charge in [-0.05, 0) is 82.8 Å². The molecule has 10 nitrogen and oxygen atoms in total. The van der Waals surface area contributed by atoms with Gasteiger partial charge in [0.2, 0.25) is 11.8 Å². The average Bonchev–Trinajstić information content (AvgIpc) is 3.08. The van der Waals surface area contributed by atoms with E-state index in [2.05, 4.69) is 10.6 Å². The molecule has 38 heavy (non-hydrogen) atoms. The Balaban J connectivity index is 1.12. The molecule has 5 rings (SSSR count). The molecule has 0 aromatic heterocycles. The summed E-state index contributed by atoms with van der Waals surface area (Å²) in [7, 11) is 0. The summed E-state index contributed by atoms with van der Waals surface area (Å²) in [6.45, 7) is 7.78. The number of ether oxygens (including phenoxy) is 1. The summed E-state index contributed by atoms with van der Waals surface area (Å²) < 4.78 is 5.51. The first kappa shape index (κ1) is 26.2. The number of likely N-dealkylation sites (tertiary alicyclic amines) is 1. The van der Waals surface area contributed by atoms with Crippen LogP contribution in [0.3, 0.4) is 0 Å². The van der Waals surface area contributed by atoms with Gasteiger partial charge in [-0.2, -0.15) is 0 Å². The Morgan fingerprint density at radius 2 is 1.82 bits per heavy atom. The van der Waals surface area contributed by atoms with Crippen LogP contribution in [0.15, 0.2) is 18.2 Å². The lowest BCUT2D eigenvalue weighted by Crippen LogP contribution is -2.54. The van der Waals surface area contributed by atoms with Crippen LogP contribution >= 0.6 is 0 Å². The fourth-order valence-corrected chi connectivity index (χ4v) is 6.34. The zero-order valence-electron chi connectivity index (χ0n) is 22.3. The van der Waals surface area contributed by atoms with Gasteiger partial charge in [0.05, 0.1) is 11.1 Å². The third-order valence-electron chi connectivity index (χ3n) is 8.26. The number of carbonyl (C=O) groups excluding carboxylic acids is 5. The van der Waals surface area contributed by atoms with Gasteiger partial charge in [0.25, 0.3) is 11.8 Å². The average molecular weight is 525 g/mol. The molecule has 4 aliphatic rings. The van der Waals surface area contributed by atoms with E-state index < -0.39 is 35.3 Å². The van der Waals surface area contributed by atoms with E-state index in [0.717, 1.165) is 50.1 Å². The monoisotopic (exact) mass is 524 g/mol. The predicted molar refractivity (Wildman–Crippen MR) is 138 cm³/mol. The van der Waals surface area contributed by atoms with E-state index in [1.165, 1.54) is 0 Å². The highest BCUT2D eigenvalue weighted by Crippen LogP contribution is 2.53. The molecule has 1 atom stereocenters. The number of carbonyl (C=O) groups is 5. The standard InChI is InChI=1S/C28H36N4O6/c1-27(2,3)38-26(37)31-13-10-28(11-14-31)15-17(16-28)9-12-29-19-6-4-5-18-22(19)25(36)32(24(18)35)20-7-8-21(33)30-23(20)34/h4-6,17,20,29H,7-16H2,1-3H3,(H,30,33,34). The zero-order chi connectivity index (χ0) is 27.2. The molecule has 10 heteroatoms. The van der Waals surface area contributed by atoms with E-state index in [0.29, 0.717) is 29.1 Å². The van der Waals surface area contributed by atoms with Gasteiger partial charge in [0, 0.05) is 31.7 Å². The molecule has 1 aromatic carbocycles. The first-order valence-corrected chi connectivity index (χ1v) is 13.5. The molecule has 5 amide bonds. The molecule has 0 bridgehead atoms. The molecular formula is C28H36N4O6. The molecule has 1 aromatic rings. The molecule has 1 unspecified atom stereocenters. The van der Waals surface area contributed by atoms with Gasteiger partial charge >= 0.3 is 6.09 Å². The minimum Gasteiger partial charge on any atom is -0.444 e. The van der Waals surface area contributed by atoms with Gasteiger partial charge in [-0.1, -0.05) is 6.07 Å². The number of fused-ring (bicyclic) bond motifs is 1.